The molecule has 1 amide bonds. The summed E-state index contributed by atoms with van der Waals surface area (Å²) in [6.07, 6.45) is -0.733. The minimum absolute atomic E-state index is 0.107. The van der Waals surface area contributed by atoms with Crippen LogP contribution in [0.5, 0.6) is 5.75 Å². The fourth-order valence-corrected chi connectivity index (χ4v) is 4.08. The second kappa shape index (κ2) is 8.99. The molecule has 0 aliphatic carbocycles. The maximum Gasteiger partial charge on any atom is 0.412 e. The van der Waals surface area contributed by atoms with Gasteiger partial charge in [0.05, 0.1) is 23.0 Å². The van der Waals surface area contributed by atoms with E-state index in [1.54, 1.807) is 12.1 Å². The molecule has 10 nitrogen and oxygen atoms in total. The molecule has 2 aromatic rings. The van der Waals surface area contributed by atoms with Crippen LogP contribution in [0.2, 0.25) is 0 Å². The van der Waals surface area contributed by atoms with Gasteiger partial charge in [0.25, 0.3) is 5.69 Å². The number of nitrogens with one attached hydrogen (secondary N) is 1. The number of nitro benzene ring substituents is 1. The average molecular weight is 421 g/mol. The van der Waals surface area contributed by atoms with Crippen LogP contribution < -0.4 is 10.1 Å². The van der Waals surface area contributed by atoms with Gasteiger partial charge in [-0.25, -0.2) is 13.2 Å². The average Bonchev–Trinajstić information content (AvgIpc) is 2.73. The summed E-state index contributed by atoms with van der Waals surface area (Å²) in [6, 6.07) is 11.3. The Labute approximate surface area is 167 Å². The van der Waals surface area contributed by atoms with Crippen molar-refractivity contribution in [2.24, 2.45) is 0 Å². The van der Waals surface area contributed by atoms with Gasteiger partial charge in [0, 0.05) is 31.8 Å². The summed E-state index contributed by atoms with van der Waals surface area (Å²) in [7, 11) is -3.57. The highest BCUT2D eigenvalue weighted by Gasteiger charge is 2.26. The van der Waals surface area contributed by atoms with E-state index in [1.165, 1.54) is 40.7 Å². The molecular weight excluding hydrogens is 402 g/mol. The Hall–Kier alpha value is -3.02. The Balaban J connectivity index is 1.54. The second-order valence-electron chi connectivity index (χ2n) is 6.15. The maximum atomic E-state index is 12.6. The maximum absolute atomic E-state index is 12.6. The molecule has 1 N–H and O–H groups in total. The fourth-order valence-electron chi connectivity index (χ4n) is 2.67. The van der Waals surface area contributed by atoms with Crippen LogP contribution in [0.15, 0.2) is 53.4 Å². The molecule has 0 radical (unpaired) electrons. The molecule has 11 heteroatoms. The predicted molar refractivity (Wildman–Crippen MR) is 102 cm³/mol. The van der Waals surface area contributed by atoms with Crippen LogP contribution in [0.1, 0.15) is 5.56 Å². The quantitative estimate of drug-likeness (QED) is 0.557. The van der Waals surface area contributed by atoms with Gasteiger partial charge < -0.3 is 14.8 Å². The van der Waals surface area contributed by atoms with E-state index in [2.05, 4.69) is 5.32 Å². The van der Waals surface area contributed by atoms with Gasteiger partial charge in [-0.1, -0.05) is 12.1 Å². The Morgan fingerprint density at radius 3 is 2.31 bits per heavy atom. The third-order valence-electron chi connectivity index (χ3n) is 4.23. The zero-order chi connectivity index (χ0) is 20.9. The molecule has 0 atom stereocenters. The molecule has 1 fully saturated rings. The minimum atomic E-state index is -3.57. The largest absolute Gasteiger partial charge is 0.412 e. The first kappa shape index (κ1) is 20.7. The Morgan fingerprint density at radius 1 is 1.10 bits per heavy atom. The van der Waals surface area contributed by atoms with Gasteiger partial charge in [0.15, 0.2) is 0 Å². The van der Waals surface area contributed by atoms with Crippen LogP contribution in [0, 0.1) is 10.1 Å². The molecule has 1 aliphatic rings. The van der Waals surface area contributed by atoms with Gasteiger partial charge in [-0.05, 0) is 29.8 Å². The van der Waals surface area contributed by atoms with E-state index >= 15 is 0 Å². The van der Waals surface area contributed by atoms with E-state index in [0.717, 1.165) is 0 Å². The number of hydrogen-bond donors (Lipinski definition) is 1. The number of morpholine rings is 1. The summed E-state index contributed by atoms with van der Waals surface area (Å²) >= 11 is 0. The van der Waals surface area contributed by atoms with Crippen molar-refractivity contribution in [1.82, 2.24) is 9.62 Å². The molecule has 0 aromatic heterocycles. The van der Waals surface area contributed by atoms with Gasteiger partial charge in [0.2, 0.25) is 10.0 Å². The molecule has 0 spiro atoms. The first-order valence-corrected chi connectivity index (χ1v) is 10.2. The van der Waals surface area contributed by atoms with Crippen molar-refractivity contribution in [3.8, 4) is 5.75 Å². The van der Waals surface area contributed by atoms with Crippen molar-refractivity contribution >= 4 is 21.8 Å². The fraction of sp³-hybridized carbons (Fsp3) is 0.278. The number of ether oxygens (including phenoxy) is 2. The van der Waals surface area contributed by atoms with Gasteiger partial charge in [-0.2, -0.15) is 4.31 Å². The lowest BCUT2D eigenvalue weighted by atomic mass is 10.2. The molecule has 154 valence electrons. The van der Waals surface area contributed by atoms with E-state index in [1.807, 2.05) is 0 Å². The van der Waals surface area contributed by atoms with Crippen molar-refractivity contribution in [3.05, 3.63) is 64.2 Å². The Kier molecular flexibility index (Phi) is 6.42. The Morgan fingerprint density at radius 2 is 1.72 bits per heavy atom. The molecule has 2 aromatic carbocycles. The molecular formula is C18H19N3O7S. The van der Waals surface area contributed by atoms with Gasteiger partial charge >= 0.3 is 6.09 Å². The summed E-state index contributed by atoms with van der Waals surface area (Å²) in [6.45, 7) is 1.51. The standard InChI is InChI=1S/C18H19N3O7S/c22-18(28-16-5-3-15(4-6-16)21(23)24)19-13-14-1-7-17(8-2-14)29(25,26)20-9-11-27-12-10-20/h1-8H,9-13H2,(H,19,22). The van der Waals surface area contributed by atoms with Gasteiger partial charge in [0.1, 0.15) is 5.75 Å². The summed E-state index contributed by atoms with van der Waals surface area (Å²) in [4.78, 5) is 22.1. The monoisotopic (exact) mass is 421 g/mol. The summed E-state index contributed by atoms with van der Waals surface area (Å²) in [5, 5.41) is 13.1. The number of sulfonamides is 1. The number of nitro groups is 1. The molecule has 1 saturated heterocycles. The number of amides is 1. The first-order valence-electron chi connectivity index (χ1n) is 8.73. The third kappa shape index (κ3) is 5.28. The van der Waals surface area contributed by atoms with Crippen molar-refractivity contribution in [2.45, 2.75) is 11.4 Å². The van der Waals surface area contributed by atoms with E-state index in [0.29, 0.717) is 31.9 Å². The lowest BCUT2D eigenvalue weighted by molar-refractivity contribution is -0.384. The summed E-state index contributed by atoms with van der Waals surface area (Å²) < 4.78 is 36.7. The van der Waals surface area contributed by atoms with Crippen molar-refractivity contribution in [1.29, 1.82) is 0 Å². The predicted octanol–water partition coefficient (Wildman–Crippen LogP) is 1.90. The topological polar surface area (TPSA) is 128 Å². The van der Waals surface area contributed by atoms with E-state index < -0.39 is 21.0 Å². The summed E-state index contributed by atoms with van der Waals surface area (Å²) in [5.74, 6) is 0.167. The molecule has 3 rings (SSSR count). The number of rotatable bonds is 6. The van der Waals surface area contributed by atoms with E-state index in [-0.39, 0.29) is 22.9 Å². The summed E-state index contributed by atoms with van der Waals surface area (Å²) in [5.41, 5.74) is 0.580. The number of nitrogens with zero attached hydrogens (tertiary/aromatic N) is 2. The van der Waals surface area contributed by atoms with Crippen LogP contribution in [0.4, 0.5) is 10.5 Å². The number of carbonyl (C=O) groups is 1. The van der Waals surface area contributed by atoms with Crippen LogP contribution in [-0.2, 0) is 21.3 Å². The van der Waals surface area contributed by atoms with Gasteiger partial charge in [-0.3, -0.25) is 10.1 Å². The molecule has 29 heavy (non-hydrogen) atoms. The number of benzene rings is 2. The minimum Gasteiger partial charge on any atom is -0.410 e. The Bertz CT molecular complexity index is 970. The smallest absolute Gasteiger partial charge is 0.410 e. The molecule has 1 heterocycles. The zero-order valence-electron chi connectivity index (χ0n) is 15.3. The van der Waals surface area contributed by atoms with E-state index in [9.17, 15) is 23.3 Å². The number of non-ortho nitro benzene ring substituents is 1. The van der Waals surface area contributed by atoms with Crippen LogP contribution in [0.25, 0.3) is 0 Å². The van der Waals surface area contributed by atoms with Crippen LogP contribution in [0.3, 0.4) is 0 Å². The third-order valence-corrected chi connectivity index (χ3v) is 6.14. The molecule has 0 saturated carbocycles. The SMILES string of the molecule is O=C(NCc1ccc(S(=O)(=O)N2CCOCC2)cc1)Oc1ccc([N+](=O)[O-])cc1. The molecule has 1 aliphatic heterocycles. The molecule has 0 unspecified atom stereocenters. The second-order valence-corrected chi connectivity index (χ2v) is 8.09. The zero-order valence-corrected chi connectivity index (χ0v) is 16.1. The lowest BCUT2D eigenvalue weighted by Crippen LogP contribution is -2.40. The van der Waals surface area contributed by atoms with Gasteiger partial charge in [-0.15, -0.1) is 0 Å². The van der Waals surface area contributed by atoms with Crippen molar-refractivity contribution in [3.63, 3.8) is 0 Å². The molecule has 0 bridgehead atoms. The lowest BCUT2D eigenvalue weighted by Gasteiger charge is -2.26. The number of carbonyl (C=O) groups excluding carboxylic acids is 1. The number of hydrogen-bond acceptors (Lipinski definition) is 7. The van der Waals surface area contributed by atoms with Crippen LogP contribution in [-0.4, -0.2) is 50.0 Å². The normalized spacial score (nSPS) is 14.9. The van der Waals surface area contributed by atoms with Crippen molar-refractivity contribution < 1.29 is 27.6 Å². The van der Waals surface area contributed by atoms with Crippen LogP contribution >= 0.6 is 0 Å². The van der Waals surface area contributed by atoms with E-state index in [4.69, 9.17) is 9.47 Å². The highest BCUT2D eigenvalue weighted by atomic mass is 32.2. The highest BCUT2D eigenvalue weighted by Crippen LogP contribution is 2.19. The van der Waals surface area contributed by atoms with Crippen molar-refractivity contribution in [2.75, 3.05) is 26.3 Å². The first-order chi connectivity index (χ1) is 13.9. The highest BCUT2D eigenvalue weighted by molar-refractivity contribution is 7.89.